The fourth-order valence-electron chi connectivity index (χ4n) is 3.34. The van der Waals surface area contributed by atoms with Gasteiger partial charge in [0.15, 0.2) is 0 Å². The molecule has 1 atom stereocenters. The number of carbonyl (C=O) groups excluding carboxylic acids is 1. The van der Waals surface area contributed by atoms with Crippen LogP contribution < -0.4 is 0 Å². The van der Waals surface area contributed by atoms with Gasteiger partial charge in [-0.05, 0) is 45.1 Å². The van der Waals surface area contributed by atoms with Crippen molar-refractivity contribution >= 4 is 17.0 Å². The maximum atomic E-state index is 13.1. The van der Waals surface area contributed by atoms with Gasteiger partial charge in [0.25, 0.3) is 11.6 Å². The number of hydrogen-bond donors (Lipinski definition) is 0. The van der Waals surface area contributed by atoms with Crippen LogP contribution in [0.15, 0.2) is 10.6 Å². The van der Waals surface area contributed by atoms with Crippen LogP contribution in [0.4, 0.5) is 0 Å². The smallest absolute Gasteiger partial charge is 0.258 e. The van der Waals surface area contributed by atoms with E-state index in [1.54, 1.807) is 0 Å². The Labute approximate surface area is 130 Å². The van der Waals surface area contributed by atoms with Crippen LogP contribution >= 0.6 is 0 Å². The van der Waals surface area contributed by atoms with E-state index < -0.39 is 0 Å². The summed E-state index contributed by atoms with van der Waals surface area (Å²) in [6.07, 6.45) is 5.16. The molecule has 0 aliphatic carbocycles. The maximum Gasteiger partial charge on any atom is 0.258 e. The summed E-state index contributed by atoms with van der Waals surface area (Å²) in [5.74, 6) is 0.0972. The Morgan fingerprint density at radius 2 is 2.23 bits per heavy atom. The average molecular weight is 301 g/mol. The summed E-state index contributed by atoms with van der Waals surface area (Å²) in [7, 11) is 0. The van der Waals surface area contributed by atoms with Crippen molar-refractivity contribution in [2.24, 2.45) is 0 Å². The normalized spacial score (nSPS) is 18.9. The summed E-state index contributed by atoms with van der Waals surface area (Å²) in [5.41, 5.74) is 2.78. The Balaban J connectivity index is 2.07. The Morgan fingerprint density at radius 1 is 1.41 bits per heavy atom. The van der Waals surface area contributed by atoms with Crippen molar-refractivity contribution in [2.75, 3.05) is 6.54 Å². The molecule has 0 radical (unpaired) electrons. The molecular formula is C17H23N3O2. The zero-order chi connectivity index (χ0) is 15.7. The van der Waals surface area contributed by atoms with Crippen LogP contribution in [0.3, 0.4) is 0 Å². The summed E-state index contributed by atoms with van der Waals surface area (Å²) < 4.78 is 5.29. The van der Waals surface area contributed by atoms with Crippen LogP contribution in [-0.2, 0) is 6.42 Å². The molecule has 0 N–H and O–H groups in total. The van der Waals surface area contributed by atoms with Crippen molar-refractivity contribution in [1.29, 1.82) is 0 Å². The van der Waals surface area contributed by atoms with Gasteiger partial charge in [0, 0.05) is 18.3 Å². The summed E-state index contributed by atoms with van der Waals surface area (Å²) >= 11 is 0. The summed E-state index contributed by atoms with van der Waals surface area (Å²) in [5, 5.41) is 4.76. The van der Waals surface area contributed by atoms with E-state index in [9.17, 15) is 4.79 Å². The molecule has 2 aromatic rings. The maximum absolute atomic E-state index is 13.1. The number of aryl methyl sites for hydroxylation is 2. The van der Waals surface area contributed by atoms with Gasteiger partial charge in [-0.1, -0.05) is 19.0 Å². The molecule has 1 unspecified atom stereocenters. The topological polar surface area (TPSA) is 59.2 Å². The van der Waals surface area contributed by atoms with Crippen molar-refractivity contribution in [1.82, 2.24) is 15.0 Å². The lowest BCUT2D eigenvalue weighted by Gasteiger charge is -2.35. The lowest BCUT2D eigenvalue weighted by Crippen LogP contribution is -2.43. The number of hydrogen-bond acceptors (Lipinski definition) is 4. The van der Waals surface area contributed by atoms with E-state index in [1.165, 1.54) is 6.42 Å². The van der Waals surface area contributed by atoms with Crippen molar-refractivity contribution < 1.29 is 9.32 Å². The lowest BCUT2D eigenvalue weighted by atomic mass is 9.98. The number of aromatic nitrogens is 2. The summed E-state index contributed by atoms with van der Waals surface area (Å²) in [6.45, 7) is 6.89. The number of pyridine rings is 1. The first-order chi connectivity index (χ1) is 10.7. The van der Waals surface area contributed by atoms with E-state index in [-0.39, 0.29) is 5.91 Å². The standard InChI is InChI=1S/C17H23N3O2/c1-4-12-10-14(15-11(3)19-22-16(15)18-12)17(21)20-9-7-6-8-13(20)5-2/h10,13H,4-9H2,1-3H3. The molecule has 3 rings (SSSR count). The van der Waals surface area contributed by atoms with Crippen molar-refractivity contribution in [3.05, 3.63) is 23.0 Å². The average Bonchev–Trinajstić information content (AvgIpc) is 2.94. The van der Waals surface area contributed by atoms with E-state index in [4.69, 9.17) is 4.52 Å². The quantitative estimate of drug-likeness (QED) is 0.870. The highest BCUT2D eigenvalue weighted by molar-refractivity contribution is 6.06. The first-order valence-corrected chi connectivity index (χ1v) is 8.22. The number of likely N-dealkylation sites (tertiary alicyclic amines) is 1. The molecule has 5 heteroatoms. The Hall–Kier alpha value is -1.91. The van der Waals surface area contributed by atoms with Crippen LogP contribution in [0, 0.1) is 6.92 Å². The van der Waals surface area contributed by atoms with Crippen LogP contribution in [0.2, 0.25) is 0 Å². The van der Waals surface area contributed by atoms with Gasteiger partial charge in [-0.2, -0.15) is 0 Å². The molecule has 5 nitrogen and oxygen atoms in total. The van der Waals surface area contributed by atoms with Crippen molar-refractivity contribution in [3.8, 4) is 0 Å². The van der Waals surface area contributed by atoms with Gasteiger partial charge in [-0.3, -0.25) is 4.79 Å². The number of piperidine rings is 1. The van der Waals surface area contributed by atoms with Gasteiger partial charge in [0.1, 0.15) is 0 Å². The van der Waals surface area contributed by atoms with Crippen LogP contribution in [0.5, 0.6) is 0 Å². The minimum Gasteiger partial charge on any atom is -0.336 e. The second-order valence-corrected chi connectivity index (χ2v) is 6.02. The SMILES string of the molecule is CCc1cc(C(=O)N2CCCCC2CC)c2c(C)noc2n1. The Kier molecular flexibility index (Phi) is 4.14. The van der Waals surface area contributed by atoms with Gasteiger partial charge in [0.2, 0.25) is 0 Å². The third kappa shape index (κ3) is 2.49. The monoisotopic (exact) mass is 301 g/mol. The van der Waals surface area contributed by atoms with E-state index in [0.717, 1.165) is 49.0 Å². The molecule has 1 saturated heterocycles. The molecule has 0 aromatic carbocycles. The molecule has 2 aromatic heterocycles. The van der Waals surface area contributed by atoms with Gasteiger partial charge in [-0.15, -0.1) is 0 Å². The van der Waals surface area contributed by atoms with Gasteiger partial charge < -0.3 is 9.42 Å². The largest absolute Gasteiger partial charge is 0.336 e. The summed E-state index contributed by atoms with van der Waals surface area (Å²) in [4.78, 5) is 19.6. The van der Waals surface area contributed by atoms with E-state index in [1.807, 2.05) is 24.8 Å². The predicted molar refractivity (Wildman–Crippen MR) is 84.9 cm³/mol. The van der Waals surface area contributed by atoms with Crippen LogP contribution in [0.1, 0.15) is 61.3 Å². The molecule has 1 amide bonds. The molecule has 118 valence electrons. The molecule has 1 aliphatic rings. The minimum atomic E-state index is 0.0972. The molecule has 1 aliphatic heterocycles. The fourth-order valence-corrected chi connectivity index (χ4v) is 3.34. The number of amides is 1. The molecule has 3 heterocycles. The molecular weight excluding hydrogens is 278 g/mol. The first kappa shape index (κ1) is 15.0. The number of nitrogens with zero attached hydrogens (tertiary/aromatic N) is 3. The zero-order valence-electron chi connectivity index (χ0n) is 13.6. The number of rotatable bonds is 3. The number of carbonyl (C=O) groups is 1. The van der Waals surface area contributed by atoms with E-state index in [2.05, 4.69) is 17.1 Å². The third-order valence-corrected chi connectivity index (χ3v) is 4.62. The zero-order valence-corrected chi connectivity index (χ0v) is 13.6. The highest BCUT2D eigenvalue weighted by Crippen LogP contribution is 2.27. The minimum absolute atomic E-state index is 0.0972. The fraction of sp³-hybridized carbons (Fsp3) is 0.588. The Bertz CT molecular complexity index is 693. The summed E-state index contributed by atoms with van der Waals surface area (Å²) in [6, 6.07) is 2.26. The third-order valence-electron chi connectivity index (χ3n) is 4.62. The molecule has 22 heavy (non-hydrogen) atoms. The van der Waals surface area contributed by atoms with Crippen LogP contribution in [0.25, 0.3) is 11.1 Å². The lowest BCUT2D eigenvalue weighted by molar-refractivity contribution is 0.0610. The van der Waals surface area contributed by atoms with Crippen LogP contribution in [-0.4, -0.2) is 33.5 Å². The van der Waals surface area contributed by atoms with Gasteiger partial charge >= 0.3 is 0 Å². The second-order valence-electron chi connectivity index (χ2n) is 6.02. The van der Waals surface area contributed by atoms with E-state index in [0.29, 0.717) is 17.3 Å². The van der Waals surface area contributed by atoms with Crippen molar-refractivity contribution in [2.45, 2.75) is 58.9 Å². The molecule has 1 fully saturated rings. The Morgan fingerprint density at radius 3 is 2.95 bits per heavy atom. The van der Waals surface area contributed by atoms with Gasteiger partial charge in [0.05, 0.1) is 16.6 Å². The predicted octanol–water partition coefficient (Wildman–Crippen LogP) is 3.50. The van der Waals surface area contributed by atoms with Gasteiger partial charge in [-0.25, -0.2) is 4.98 Å². The number of fused-ring (bicyclic) bond motifs is 1. The van der Waals surface area contributed by atoms with Crippen molar-refractivity contribution in [3.63, 3.8) is 0 Å². The van der Waals surface area contributed by atoms with E-state index >= 15 is 0 Å². The highest BCUT2D eigenvalue weighted by Gasteiger charge is 2.29. The highest BCUT2D eigenvalue weighted by atomic mass is 16.5. The molecule has 0 spiro atoms. The molecule has 0 bridgehead atoms. The first-order valence-electron chi connectivity index (χ1n) is 8.22. The second kappa shape index (κ2) is 6.07. The molecule has 0 saturated carbocycles.